The van der Waals surface area contributed by atoms with Gasteiger partial charge >= 0.3 is 5.69 Å². The van der Waals surface area contributed by atoms with Crippen molar-refractivity contribution in [2.75, 3.05) is 13.7 Å². The van der Waals surface area contributed by atoms with E-state index in [9.17, 15) is 4.79 Å². The highest BCUT2D eigenvalue weighted by molar-refractivity contribution is 6.09. The lowest BCUT2D eigenvalue weighted by Crippen LogP contribution is -2.34. The largest absolute Gasteiger partial charge is 0.450 e. The molecular weight excluding hydrogens is 434 g/mol. The van der Waals surface area contributed by atoms with Crippen molar-refractivity contribution < 1.29 is 9.15 Å². The van der Waals surface area contributed by atoms with Gasteiger partial charge in [-0.2, -0.15) is 10.1 Å². The number of nitrogens with zero attached hydrogens (tertiary/aromatic N) is 5. The van der Waals surface area contributed by atoms with Gasteiger partial charge in [0.25, 0.3) is 0 Å². The average molecular weight is 462 g/mol. The predicted octanol–water partition coefficient (Wildman–Crippen LogP) is 3.28. The molecule has 2 N–H and O–H groups in total. The molecule has 34 heavy (non-hydrogen) atoms. The van der Waals surface area contributed by atoms with Gasteiger partial charge in [-0.1, -0.05) is 6.92 Å². The third-order valence-electron chi connectivity index (χ3n) is 6.27. The minimum absolute atomic E-state index is 0.0783. The second-order valence-corrected chi connectivity index (χ2v) is 8.45. The molecule has 0 unspecified atom stereocenters. The second kappa shape index (κ2) is 8.86. The maximum Gasteiger partial charge on any atom is 0.349 e. The van der Waals surface area contributed by atoms with Crippen LogP contribution in [-0.4, -0.2) is 50.3 Å². The number of furan rings is 1. The molecule has 5 heterocycles. The van der Waals surface area contributed by atoms with Crippen LogP contribution in [0.5, 0.6) is 0 Å². The Kier molecular flexibility index (Phi) is 5.74. The number of fused-ring (bicyclic) bond motifs is 3. The summed E-state index contributed by atoms with van der Waals surface area (Å²) in [6.07, 6.45) is 8.82. The van der Waals surface area contributed by atoms with Gasteiger partial charge < -0.3 is 19.9 Å². The van der Waals surface area contributed by atoms with E-state index in [1.807, 2.05) is 19.3 Å². The van der Waals surface area contributed by atoms with Gasteiger partial charge in [-0.05, 0) is 31.4 Å². The molecule has 5 rings (SSSR count). The summed E-state index contributed by atoms with van der Waals surface area (Å²) in [4.78, 5) is 22.8. The fourth-order valence-electron chi connectivity index (χ4n) is 4.61. The van der Waals surface area contributed by atoms with Gasteiger partial charge in [-0.25, -0.2) is 9.78 Å². The van der Waals surface area contributed by atoms with Gasteiger partial charge in [-0.15, -0.1) is 0 Å². The minimum Gasteiger partial charge on any atom is -0.450 e. The van der Waals surface area contributed by atoms with Gasteiger partial charge in [0.15, 0.2) is 11.2 Å². The highest BCUT2D eigenvalue weighted by atomic mass is 16.5. The Morgan fingerprint density at radius 3 is 2.91 bits per heavy atom. The van der Waals surface area contributed by atoms with Crippen molar-refractivity contribution in [1.29, 1.82) is 5.41 Å². The number of hydrogen-bond acceptors (Lipinski definition) is 8. The van der Waals surface area contributed by atoms with E-state index >= 15 is 0 Å². The first kappa shape index (κ1) is 22.0. The number of aryl methyl sites for hydroxylation is 1. The molecular formula is C24H27N7O3. The highest BCUT2D eigenvalue weighted by Crippen LogP contribution is 2.36. The van der Waals surface area contributed by atoms with Crippen LogP contribution in [-0.2, 0) is 11.8 Å². The zero-order chi connectivity index (χ0) is 23.8. The fraction of sp³-hybridized carbons (Fsp3) is 0.375. The molecule has 2 atom stereocenters. The van der Waals surface area contributed by atoms with E-state index in [1.54, 1.807) is 34.8 Å². The van der Waals surface area contributed by atoms with Crippen LogP contribution in [0, 0.1) is 5.41 Å². The van der Waals surface area contributed by atoms with Gasteiger partial charge in [0.05, 0.1) is 18.0 Å². The summed E-state index contributed by atoms with van der Waals surface area (Å²) in [6.45, 7) is 2.67. The van der Waals surface area contributed by atoms with Crippen LogP contribution in [0.25, 0.3) is 39.0 Å². The van der Waals surface area contributed by atoms with Crippen molar-refractivity contribution in [3.8, 4) is 11.3 Å². The standard InChI is InChI=1S/C24H27N7O3/c1-4-17-9-16(7-8-33-17)31-22-21-19(6-5-18(28-21)14(10-25)11-26-2)34-23(22)20(29-24(31)32)15-12-27-30(3)13-15/h5-6,10-13,16-17,25-26H,4,7-9H2,1-3H3/b14-11+,25-10?/t16-,17-/m0/s1. The molecule has 1 fully saturated rings. The fourth-order valence-corrected chi connectivity index (χ4v) is 4.61. The Balaban J connectivity index is 1.82. The Morgan fingerprint density at radius 1 is 1.35 bits per heavy atom. The molecule has 0 spiro atoms. The molecule has 10 nitrogen and oxygen atoms in total. The summed E-state index contributed by atoms with van der Waals surface area (Å²) in [5, 5.41) is 15.0. The molecule has 4 aromatic heterocycles. The average Bonchev–Trinajstić information content (AvgIpc) is 3.45. The summed E-state index contributed by atoms with van der Waals surface area (Å²) in [5.41, 5.74) is 4.26. The van der Waals surface area contributed by atoms with Crippen molar-refractivity contribution in [2.45, 2.75) is 38.3 Å². The van der Waals surface area contributed by atoms with Crippen LogP contribution in [0.1, 0.15) is 37.9 Å². The third kappa shape index (κ3) is 3.69. The molecule has 176 valence electrons. The highest BCUT2D eigenvalue weighted by Gasteiger charge is 2.29. The molecule has 1 saturated heterocycles. The second-order valence-electron chi connectivity index (χ2n) is 8.45. The molecule has 0 aromatic carbocycles. The van der Waals surface area contributed by atoms with Crippen molar-refractivity contribution in [3.63, 3.8) is 0 Å². The van der Waals surface area contributed by atoms with Gasteiger partial charge in [-0.3, -0.25) is 9.25 Å². The normalized spacial score (nSPS) is 19.1. The topological polar surface area (TPSA) is 124 Å². The maximum absolute atomic E-state index is 13.5. The van der Waals surface area contributed by atoms with Crippen LogP contribution in [0.4, 0.5) is 0 Å². The minimum atomic E-state index is -0.346. The third-order valence-corrected chi connectivity index (χ3v) is 6.27. The molecule has 0 amide bonds. The van der Waals surface area contributed by atoms with Crippen molar-refractivity contribution in [1.82, 2.24) is 29.6 Å². The summed E-state index contributed by atoms with van der Waals surface area (Å²) in [7, 11) is 3.59. The van der Waals surface area contributed by atoms with Crippen LogP contribution in [0.3, 0.4) is 0 Å². The first-order valence-corrected chi connectivity index (χ1v) is 11.4. The van der Waals surface area contributed by atoms with Crippen molar-refractivity contribution in [2.24, 2.45) is 7.05 Å². The molecule has 4 aromatic rings. The van der Waals surface area contributed by atoms with E-state index in [2.05, 4.69) is 22.3 Å². The van der Waals surface area contributed by atoms with Gasteiger partial charge in [0.1, 0.15) is 16.7 Å². The first-order valence-electron chi connectivity index (χ1n) is 11.4. The SMILES string of the molecule is CC[C@H]1C[C@@H](n2c(=O)nc(-c3cnn(C)c3)c3oc4ccc(/C(C=N)=C/NC)nc4c32)CCO1. The van der Waals surface area contributed by atoms with E-state index < -0.39 is 0 Å². The molecule has 0 aliphatic carbocycles. The quantitative estimate of drug-likeness (QED) is 0.422. The Bertz CT molecular complexity index is 1460. The Labute approximate surface area is 195 Å². The summed E-state index contributed by atoms with van der Waals surface area (Å²) >= 11 is 0. The molecule has 1 aliphatic rings. The van der Waals surface area contributed by atoms with E-state index in [0.717, 1.165) is 12.8 Å². The first-order chi connectivity index (χ1) is 16.5. The van der Waals surface area contributed by atoms with Crippen LogP contribution in [0.2, 0.25) is 0 Å². The number of nitrogens with one attached hydrogen (secondary N) is 2. The monoisotopic (exact) mass is 461 g/mol. The number of hydrogen-bond donors (Lipinski definition) is 2. The molecule has 10 heteroatoms. The lowest BCUT2D eigenvalue weighted by Gasteiger charge is -2.30. The molecule has 0 saturated carbocycles. The lowest BCUT2D eigenvalue weighted by molar-refractivity contribution is -0.00710. The molecule has 0 radical (unpaired) electrons. The van der Waals surface area contributed by atoms with Gasteiger partial charge in [0.2, 0.25) is 0 Å². The van der Waals surface area contributed by atoms with Gasteiger partial charge in [0, 0.05) is 56.5 Å². The Morgan fingerprint density at radius 2 is 2.21 bits per heavy atom. The number of aromatic nitrogens is 5. The van der Waals surface area contributed by atoms with E-state index in [4.69, 9.17) is 19.5 Å². The molecule has 0 bridgehead atoms. The number of rotatable bonds is 6. The van der Waals surface area contributed by atoms with Crippen LogP contribution >= 0.6 is 0 Å². The summed E-state index contributed by atoms with van der Waals surface area (Å²) in [6, 6.07) is 3.55. The van der Waals surface area contributed by atoms with Crippen molar-refractivity contribution >= 4 is 34.0 Å². The maximum atomic E-state index is 13.5. The van der Waals surface area contributed by atoms with Crippen LogP contribution in [0.15, 0.2) is 39.9 Å². The van der Waals surface area contributed by atoms with Crippen LogP contribution < -0.4 is 11.0 Å². The lowest BCUT2D eigenvalue weighted by atomic mass is 10.0. The number of allylic oxidation sites excluding steroid dienone is 1. The van der Waals surface area contributed by atoms with Crippen molar-refractivity contribution in [3.05, 3.63) is 46.9 Å². The molecule has 1 aliphatic heterocycles. The Hall–Kier alpha value is -3.79. The smallest absolute Gasteiger partial charge is 0.349 e. The predicted molar refractivity (Wildman–Crippen MR) is 130 cm³/mol. The van der Waals surface area contributed by atoms with E-state index in [0.29, 0.717) is 57.8 Å². The van der Waals surface area contributed by atoms with E-state index in [-0.39, 0.29) is 17.8 Å². The number of pyridine rings is 1. The zero-order valence-corrected chi connectivity index (χ0v) is 19.4. The zero-order valence-electron chi connectivity index (χ0n) is 19.4. The number of ether oxygens (including phenoxy) is 1. The summed E-state index contributed by atoms with van der Waals surface area (Å²) < 4.78 is 15.5. The summed E-state index contributed by atoms with van der Waals surface area (Å²) in [5.74, 6) is 0. The van der Waals surface area contributed by atoms with E-state index in [1.165, 1.54) is 6.21 Å².